The van der Waals surface area contributed by atoms with Gasteiger partial charge in [0.1, 0.15) is 11.5 Å². The molecule has 0 spiro atoms. The van der Waals surface area contributed by atoms with Crippen LogP contribution in [0.5, 0.6) is 11.5 Å². The number of rotatable bonds is 0. The minimum absolute atomic E-state index is 0. The molecule has 48 valence electrons. The Labute approximate surface area is 54.4 Å². The monoisotopic (exact) mass is 124 g/mol. The molecule has 0 aliphatic heterocycles. The van der Waals surface area contributed by atoms with Crippen LogP contribution in [0.15, 0.2) is 24.3 Å². The number of benzene rings is 1. The fourth-order valence-electron chi connectivity index (χ4n) is 0.493. The Kier molecular flexibility index (Phi) is 2.58. The largest absolute Gasteiger partial charge is 0.508 e. The second kappa shape index (κ2) is 2.97. The van der Waals surface area contributed by atoms with Gasteiger partial charge in [0.2, 0.25) is 0 Å². The highest BCUT2D eigenvalue weighted by atomic mass is 16.3. The van der Waals surface area contributed by atoms with Gasteiger partial charge in [0, 0.05) is 6.07 Å². The summed E-state index contributed by atoms with van der Waals surface area (Å²) < 4.78 is 0. The van der Waals surface area contributed by atoms with Crippen molar-refractivity contribution in [1.29, 1.82) is 0 Å². The van der Waals surface area contributed by atoms with E-state index in [4.69, 9.17) is 10.2 Å². The fraction of sp³-hybridized carbons (Fsp3) is 0. The summed E-state index contributed by atoms with van der Waals surface area (Å²) >= 11 is 0. The molecular formula is C7H8O2. The first-order valence-electron chi connectivity index (χ1n) is 2.27. The van der Waals surface area contributed by atoms with E-state index < -0.39 is 0 Å². The SMILES string of the molecule is Oc1cccc(O)c1.[CH2]. The van der Waals surface area contributed by atoms with Crippen molar-refractivity contribution in [2.45, 2.75) is 0 Å². The molecule has 0 atom stereocenters. The molecule has 0 heterocycles. The first kappa shape index (κ1) is 7.82. The molecule has 0 saturated heterocycles. The van der Waals surface area contributed by atoms with Crippen molar-refractivity contribution in [3.8, 4) is 11.5 Å². The second-order valence-corrected chi connectivity index (χ2v) is 1.52. The van der Waals surface area contributed by atoms with Gasteiger partial charge < -0.3 is 10.2 Å². The van der Waals surface area contributed by atoms with Gasteiger partial charge in [0.05, 0.1) is 0 Å². The number of phenolic OH excluding ortho intramolecular Hbond substituents is 2. The third kappa shape index (κ3) is 2.04. The van der Waals surface area contributed by atoms with E-state index in [9.17, 15) is 0 Å². The Balaban J connectivity index is 0.000000640. The van der Waals surface area contributed by atoms with Gasteiger partial charge in [-0.15, -0.1) is 0 Å². The molecular weight excluding hydrogens is 116 g/mol. The summed E-state index contributed by atoms with van der Waals surface area (Å²) in [6, 6.07) is 5.85. The highest BCUT2D eigenvalue weighted by molar-refractivity contribution is 5.30. The van der Waals surface area contributed by atoms with Crippen molar-refractivity contribution in [3.63, 3.8) is 0 Å². The van der Waals surface area contributed by atoms with Gasteiger partial charge in [0.15, 0.2) is 0 Å². The minimum Gasteiger partial charge on any atom is -0.508 e. The fourth-order valence-corrected chi connectivity index (χ4v) is 0.493. The molecule has 2 nitrogen and oxygen atoms in total. The first-order chi connectivity index (χ1) is 3.79. The molecule has 0 fully saturated rings. The van der Waals surface area contributed by atoms with Gasteiger partial charge >= 0.3 is 0 Å². The van der Waals surface area contributed by atoms with Crippen LogP contribution in [0.2, 0.25) is 0 Å². The van der Waals surface area contributed by atoms with E-state index in [-0.39, 0.29) is 18.9 Å². The van der Waals surface area contributed by atoms with E-state index in [1.165, 1.54) is 18.2 Å². The van der Waals surface area contributed by atoms with Gasteiger partial charge in [-0.05, 0) is 12.1 Å². The van der Waals surface area contributed by atoms with Crippen LogP contribution < -0.4 is 0 Å². The predicted octanol–water partition coefficient (Wildman–Crippen LogP) is 1.43. The maximum absolute atomic E-state index is 8.65. The van der Waals surface area contributed by atoms with Gasteiger partial charge in [-0.3, -0.25) is 0 Å². The maximum Gasteiger partial charge on any atom is 0.119 e. The molecule has 0 aliphatic carbocycles. The number of hydrogen-bond acceptors (Lipinski definition) is 2. The van der Waals surface area contributed by atoms with Crippen molar-refractivity contribution in [2.24, 2.45) is 0 Å². The molecule has 1 rings (SSSR count). The molecule has 2 heteroatoms. The Hall–Kier alpha value is -1.18. The van der Waals surface area contributed by atoms with E-state index in [2.05, 4.69) is 0 Å². The zero-order chi connectivity index (χ0) is 5.98. The van der Waals surface area contributed by atoms with Crippen LogP contribution in [-0.4, -0.2) is 10.2 Å². The number of phenols is 2. The second-order valence-electron chi connectivity index (χ2n) is 1.52. The van der Waals surface area contributed by atoms with Crippen LogP contribution in [0, 0.1) is 7.43 Å². The van der Waals surface area contributed by atoms with E-state index in [0.29, 0.717) is 0 Å². The van der Waals surface area contributed by atoms with Crippen molar-refractivity contribution in [2.75, 3.05) is 0 Å². The Bertz CT molecular complexity index is 167. The molecule has 1 aromatic rings. The highest BCUT2D eigenvalue weighted by Gasteiger charge is 1.85. The molecule has 1 aromatic carbocycles. The zero-order valence-corrected chi connectivity index (χ0v) is 4.91. The van der Waals surface area contributed by atoms with Crippen LogP contribution in [-0.2, 0) is 0 Å². The van der Waals surface area contributed by atoms with E-state index in [0.717, 1.165) is 0 Å². The molecule has 0 saturated carbocycles. The van der Waals surface area contributed by atoms with Gasteiger partial charge in [-0.25, -0.2) is 0 Å². The van der Waals surface area contributed by atoms with E-state index in [1.54, 1.807) is 6.07 Å². The average molecular weight is 124 g/mol. The number of hydrogen-bond donors (Lipinski definition) is 2. The Morgan fingerprint density at radius 1 is 1.00 bits per heavy atom. The van der Waals surface area contributed by atoms with Crippen molar-refractivity contribution in [3.05, 3.63) is 31.7 Å². The van der Waals surface area contributed by atoms with Crippen LogP contribution >= 0.6 is 0 Å². The summed E-state index contributed by atoms with van der Waals surface area (Å²) in [5.41, 5.74) is 0. The topological polar surface area (TPSA) is 40.5 Å². The lowest BCUT2D eigenvalue weighted by atomic mass is 10.3. The summed E-state index contributed by atoms with van der Waals surface area (Å²) in [4.78, 5) is 0. The summed E-state index contributed by atoms with van der Waals surface area (Å²) in [6.45, 7) is 0. The molecule has 2 N–H and O–H groups in total. The standard InChI is InChI=1S/C6H6O2.CH2/c7-5-2-1-3-6(8)4-5;/h1-4,7-8H;1H2. The highest BCUT2D eigenvalue weighted by Crippen LogP contribution is 2.14. The van der Waals surface area contributed by atoms with Crippen molar-refractivity contribution in [1.82, 2.24) is 0 Å². The van der Waals surface area contributed by atoms with Gasteiger partial charge in [-0.2, -0.15) is 0 Å². The van der Waals surface area contributed by atoms with Crippen LogP contribution in [0.4, 0.5) is 0 Å². The summed E-state index contributed by atoms with van der Waals surface area (Å²) in [7, 11) is 0. The Morgan fingerprint density at radius 2 is 1.44 bits per heavy atom. The predicted molar refractivity (Wildman–Crippen MR) is 35.1 cm³/mol. The third-order valence-corrected chi connectivity index (χ3v) is 0.830. The maximum atomic E-state index is 8.65. The third-order valence-electron chi connectivity index (χ3n) is 0.830. The van der Waals surface area contributed by atoms with Crippen molar-refractivity contribution < 1.29 is 10.2 Å². The lowest BCUT2D eigenvalue weighted by molar-refractivity contribution is 0.450. The smallest absolute Gasteiger partial charge is 0.119 e. The zero-order valence-electron chi connectivity index (χ0n) is 4.91. The molecule has 2 radical (unpaired) electrons. The van der Waals surface area contributed by atoms with Crippen LogP contribution in [0.3, 0.4) is 0 Å². The summed E-state index contributed by atoms with van der Waals surface area (Å²) in [5, 5.41) is 17.3. The molecule has 0 amide bonds. The molecule has 0 aliphatic rings. The van der Waals surface area contributed by atoms with Crippen molar-refractivity contribution >= 4 is 0 Å². The minimum atomic E-state index is 0. The average Bonchev–Trinajstić information content (AvgIpc) is 1.64. The Morgan fingerprint density at radius 3 is 1.67 bits per heavy atom. The lowest BCUT2D eigenvalue weighted by Crippen LogP contribution is -1.61. The molecule has 0 aromatic heterocycles. The quantitative estimate of drug-likeness (QED) is 0.549. The van der Waals surface area contributed by atoms with E-state index >= 15 is 0 Å². The number of aromatic hydroxyl groups is 2. The molecule has 9 heavy (non-hydrogen) atoms. The first-order valence-corrected chi connectivity index (χ1v) is 2.27. The van der Waals surface area contributed by atoms with Gasteiger partial charge in [-0.1, -0.05) is 13.5 Å². The molecule has 0 unspecified atom stereocenters. The summed E-state index contributed by atoms with van der Waals surface area (Å²) in [6.07, 6.45) is 0. The lowest BCUT2D eigenvalue weighted by Gasteiger charge is -1.89. The van der Waals surface area contributed by atoms with Crippen LogP contribution in [0.25, 0.3) is 0 Å². The van der Waals surface area contributed by atoms with E-state index in [1.807, 2.05) is 0 Å². The normalized spacial score (nSPS) is 8.00. The van der Waals surface area contributed by atoms with Crippen LogP contribution in [0.1, 0.15) is 0 Å². The van der Waals surface area contributed by atoms with Gasteiger partial charge in [0.25, 0.3) is 0 Å². The summed E-state index contributed by atoms with van der Waals surface area (Å²) in [5.74, 6) is 0.176. The molecule has 0 bridgehead atoms.